The maximum atomic E-state index is 11.8. The summed E-state index contributed by atoms with van der Waals surface area (Å²) in [5.74, 6) is -0.912. The molecule has 0 aromatic heterocycles. The van der Waals surface area contributed by atoms with E-state index in [1.54, 1.807) is 7.05 Å². The summed E-state index contributed by atoms with van der Waals surface area (Å²) < 4.78 is 1.06. The normalized spacial score (nSPS) is 10.3. The van der Waals surface area contributed by atoms with E-state index in [1.807, 2.05) is 19.1 Å². The number of carbonyl (C=O) groups is 2. The summed E-state index contributed by atoms with van der Waals surface area (Å²) in [6, 6.07) is 6.01. The van der Waals surface area contributed by atoms with Gasteiger partial charge in [-0.3, -0.25) is 9.59 Å². The predicted molar refractivity (Wildman–Crippen MR) is 77.1 cm³/mol. The summed E-state index contributed by atoms with van der Waals surface area (Å²) in [6.45, 7) is 2.27. The van der Waals surface area contributed by atoms with E-state index in [0.717, 1.165) is 15.6 Å². The van der Waals surface area contributed by atoms with Gasteiger partial charge in [0.05, 0.1) is 6.42 Å². The first-order valence-corrected chi connectivity index (χ1v) is 6.90. The Morgan fingerprint density at radius 3 is 2.58 bits per heavy atom. The monoisotopic (exact) mass is 327 g/mol. The second-order valence-corrected chi connectivity index (χ2v) is 5.40. The number of carboxylic acids is 1. The van der Waals surface area contributed by atoms with E-state index >= 15 is 0 Å². The molecule has 0 aliphatic rings. The molecule has 0 aliphatic carbocycles. The molecule has 0 aliphatic heterocycles. The lowest BCUT2D eigenvalue weighted by Crippen LogP contribution is -2.29. The molecule has 4 nitrogen and oxygen atoms in total. The lowest BCUT2D eigenvalue weighted by atomic mass is 10.1. The van der Waals surface area contributed by atoms with E-state index in [0.29, 0.717) is 12.8 Å². The van der Waals surface area contributed by atoms with Crippen LogP contribution in [0, 0.1) is 6.92 Å². The molecule has 1 amide bonds. The zero-order chi connectivity index (χ0) is 14.4. The second kappa shape index (κ2) is 7.28. The minimum atomic E-state index is -0.886. The van der Waals surface area contributed by atoms with Gasteiger partial charge in [-0.15, -0.1) is 0 Å². The molecule has 0 atom stereocenters. The van der Waals surface area contributed by atoms with Gasteiger partial charge in [-0.1, -0.05) is 28.1 Å². The summed E-state index contributed by atoms with van der Waals surface area (Å²) in [4.78, 5) is 23.7. The smallest absolute Gasteiger partial charge is 0.305 e. The van der Waals surface area contributed by atoms with Crippen LogP contribution in [0.15, 0.2) is 22.7 Å². The predicted octanol–water partition coefficient (Wildman–Crippen LogP) is 2.62. The second-order valence-electron chi connectivity index (χ2n) is 4.54. The highest BCUT2D eigenvalue weighted by Crippen LogP contribution is 2.18. The van der Waals surface area contributed by atoms with Crippen LogP contribution in [-0.4, -0.2) is 35.5 Å². The average Bonchev–Trinajstić information content (AvgIpc) is 2.36. The summed E-state index contributed by atoms with van der Waals surface area (Å²) in [7, 11) is 1.64. The molecule has 0 saturated heterocycles. The molecule has 1 rings (SSSR count). The van der Waals surface area contributed by atoms with Gasteiger partial charge in [-0.25, -0.2) is 0 Å². The number of hydrogen-bond acceptors (Lipinski definition) is 2. The standard InChI is InChI=1S/C14H18BrNO3/c1-10-9-11(3-5-12(10)15)4-6-13(17)16(2)8-7-14(18)19/h3,5,9H,4,6-8H2,1-2H3,(H,18,19). The maximum Gasteiger partial charge on any atom is 0.305 e. The van der Waals surface area contributed by atoms with Gasteiger partial charge in [0.1, 0.15) is 0 Å². The number of aryl methyl sites for hydroxylation is 2. The van der Waals surface area contributed by atoms with Crippen molar-refractivity contribution in [2.24, 2.45) is 0 Å². The number of hydrogen-bond donors (Lipinski definition) is 1. The average molecular weight is 328 g/mol. The third kappa shape index (κ3) is 5.42. The molecule has 19 heavy (non-hydrogen) atoms. The van der Waals surface area contributed by atoms with Gasteiger partial charge >= 0.3 is 5.97 Å². The van der Waals surface area contributed by atoms with Crippen molar-refractivity contribution in [1.29, 1.82) is 0 Å². The highest BCUT2D eigenvalue weighted by atomic mass is 79.9. The Morgan fingerprint density at radius 2 is 2.00 bits per heavy atom. The summed E-state index contributed by atoms with van der Waals surface area (Å²) in [6.07, 6.45) is 1.06. The summed E-state index contributed by atoms with van der Waals surface area (Å²) in [5.41, 5.74) is 2.25. The molecular formula is C14H18BrNO3. The first kappa shape index (κ1) is 15.7. The Hall–Kier alpha value is -1.36. The summed E-state index contributed by atoms with van der Waals surface area (Å²) in [5, 5.41) is 8.57. The molecule has 1 aromatic carbocycles. The molecule has 0 saturated carbocycles. The van der Waals surface area contributed by atoms with Crippen LogP contribution < -0.4 is 0 Å². The first-order chi connectivity index (χ1) is 8.90. The van der Waals surface area contributed by atoms with Crippen molar-refractivity contribution in [3.05, 3.63) is 33.8 Å². The third-order valence-electron chi connectivity index (χ3n) is 2.94. The Bertz CT molecular complexity index is 474. The largest absolute Gasteiger partial charge is 0.481 e. The molecule has 1 aromatic rings. The molecule has 1 N–H and O–H groups in total. The van der Waals surface area contributed by atoms with Gasteiger partial charge < -0.3 is 10.0 Å². The number of carboxylic acid groups (broad SMARTS) is 1. The number of benzene rings is 1. The Kier molecular flexibility index (Phi) is 6.02. The fraction of sp³-hybridized carbons (Fsp3) is 0.429. The van der Waals surface area contributed by atoms with Crippen LogP contribution in [0.3, 0.4) is 0 Å². The SMILES string of the molecule is Cc1cc(CCC(=O)N(C)CCC(=O)O)ccc1Br. The van der Waals surface area contributed by atoms with Crippen LogP contribution in [0.25, 0.3) is 0 Å². The van der Waals surface area contributed by atoms with Crippen molar-refractivity contribution >= 4 is 27.8 Å². The van der Waals surface area contributed by atoms with E-state index in [1.165, 1.54) is 4.90 Å². The van der Waals surface area contributed by atoms with Gasteiger partial charge in [-0.2, -0.15) is 0 Å². The molecule has 5 heteroatoms. The lowest BCUT2D eigenvalue weighted by molar-refractivity contribution is -0.138. The van der Waals surface area contributed by atoms with E-state index < -0.39 is 5.97 Å². The fourth-order valence-electron chi connectivity index (χ4n) is 1.69. The van der Waals surface area contributed by atoms with E-state index in [-0.39, 0.29) is 18.9 Å². The minimum Gasteiger partial charge on any atom is -0.481 e. The third-order valence-corrected chi connectivity index (χ3v) is 3.83. The fourth-order valence-corrected chi connectivity index (χ4v) is 1.94. The Morgan fingerprint density at radius 1 is 1.32 bits per heavy atom. The zero-order valence-corrected chi connectivity index (χ0v) is 12.7. The first-order valence-electron chi connectivity index (χ1n) is 6.11. The highest BCUT2D eigenvalue weighted by molar-refractivity contribution is 9.10. The van der Waals surface area contributed by atoms with Crippen molar-refractivity contribution in [2.75, 3.05) is 13.6 Å². The quantitative estimate of drug-likeness (QED) is 0.873. The molecule has 0 spiro atoms. The van der Waals surface area contributed by atoms with Crippen molar-refractivity contribution in [1.82, 2.24) is 4.90 Å². The molecule has 0 fully saturated rings. The van der Waals surface area contributed by atoms with Gasteiger partial charge in [0.15, 0.2) is 0 Å². The Balaban J connectivity index is 2.44. The van der Waals surface area contributed by atoms with Crippen molar-refractivity contribution < 1.29 is 14.7 Å². The topological polar surface area (TPSA) is 57.6 Å². The zero-order valence-electron chi connectivity index (χ0n) is 11.1. The number of halogens is 1. The number of carbonyl (C=O) groups excluding carboxylic acids is 1. The Labute approximate surface area is 121 Å². The van der Waals surface area contributed by atoms with Gasteiger partial charge in [-0.05, 0) is 30.5 Å². The number of nitrogens with zero attached hydrogens (tertiary/aromatic N) is 1. The van der Waals surface area contributed by atoms with E-state index in [2.05, 4.69) is 22.0 Å². The van der Waals surface area contributed by atoms with Crippen LogP contribution >= 0.6 is 15.9 Å². The van der Waals surface area contributed by atoms with Crippen LogP contribution in [0.4, 0.5) is 0 Å². The van der Waals surface area contributed by atoms with Gasteiger partial charge in [0, 0.05) is 24.5 Å². The highest BCUT2D eigenvalue weighted by Gasteiger charge is 2.10. The van der Waals surface area contributed by atoms with Crippen LogP contribution in [-0.2, 0) is 16.0 Å². The molecule has 0 bridgehead atoms. The maximum absolute atomic E-state index is 11.8. The lowest BCUT2D eigenvalue weighted by Gasteiger charge is -2.16. The van der Waals surface area contributed by atoms with Crippen LogP contribution in [0.2, 0.25) is 0 Å². The van der Waals surface area contributed by atoms with Gasteiger partial charge in [0.25, 0.3) is 0 Å². The van der Waals surface area contributed by atoms with Gasteiger partial charge in [0.2, 0.25) is 5.91 Å². The van der Waals surface area contributed by atoms with Crippen LogP contribution in [0.5, 0.6) is 0 Å². The molecule has 0 unspecified atom stereocenters. The molecule has 0 radical (unpaired) electrons. The number of amides is 1. The molecule has 0 heterocycles. The van der Waals surface area contributed by atoms with Crippen molar-refractivity contribution in [2.45, 2.75) is 26.2 Å². The van der Waals surface area contributed by atoms with E-state index in [4.69, 9.17) is 5.11 Å². The molecular weight excluding hydrogens is 310 g/mol. The minimum absolute atomic E-state index is 0.0143. The summed E-state index contributed by atoms with van der Waals surface area (Å²) >= 11 is 3.44. The number of rotatable bonds is 6. The molecule has 104 valence electrons. The number of aliphatic carboxylic acids is 1. The van der Waals surface area contributed by atoms with E-state index in [9.17, 15) is 9.59 Å². The van der Waals surface area contributed by atoms with Crippen molar-refractivity contribution in [3.63, 3.8) is 0 Å². The van der Waals surface area contributed by atoms with Crippen molar-refractivity contribution in [3.8, 4) is 0 Å². The van der Waals surface area contributed by atoms with Crippen LogP contribution in [0.1, 0.15) is 24.0 Å².